The van der Waals surface area contributed by atoms with Crippen LogP contribution in [-0.2, 0) is 11.0 Å². The zero-order valence-corrected chi connectivity index (χ0v) is 12.3. The molecule has 11 heteroatoms. The molecule has 0 fully saturated rings. The van der Waals surface area contributed by atoms with Crippen LogP contribution in [0.15, 0.2) is 12.1 Å². The molecule has 0 unspecified atom stereocenters. The van der Waals surface area contributed by atoms with E-state index in [9.17, 15) is 33.4 Å². The SMILES string of the molecule is CCCN(OCC)c1c([N+](=O)[O-])cc(C(F)(F)F)cc1[N+](=O)[O-]. The standard InChI is InChI=1S/C12H14F3N3O5/c1-3-5-16(23-4-2)11-9(17(19)20)6-8(12(13,14)15)7-10(11)18(21)22/h6-7H,3-5H2,1-2H3. The Morgan fingerprint density at radius 2 is 1.61 bits per heavy atom. The van der Waals surface area contributed by atoms with Crippen molar-refractivity contribution in [2.45, 2.75) is 26.4 Å². The van der Waals surface area contributed by atoms with Gasteiger partial charge in [0.15, 0.2) is 0 Å². The molecule has 0 aliphatic heterocycles. The van der Waals surface area contributed by atoms with E-state index in [0.717, 1.165) is 5.06 Å². The van der Waals surface area contributed by atoms with Crippen molar-refractivity contribution in [3.05, 3.63) is 37.9 Å². The Bertz CT molecular complexity index is 565. The van der Waals surface area contributed by atoms with Crippen LogP contribution >= 0.6 is 0 Å². The predicted molar refractivity (Wildman–Crippen MR) is 74.0 cm³/mol. The number of alkyl halides is 3. The highest BCUT2D eigenvalue weighted by Crippen LogP contribution is 2.43. The van der Waals surface area contributed by atoms with E-state index in [4.69, 9.17) is 4.84 Å². The highest BCUT2D eigenvalue weighted by Gasteiger charge is 2.39. The lowest BCUT2D eigenvalue weighted by atomic mass is 10.1. The molecule has 0 saturated carbocycles. The molecular weight excluding hydrogens is 323 g/mol. The van der Waals surface area contributed by atoms with E-state index >= 15 is 0 Å². The van der Waals surface area contributed by atoms with Gasteiger partial charge in [0, 0.05) is 18.7 Å². The summed E-state index contributed by atoms with van der Waals surface area (Å²) < 4.78 is 38.4. The Morgan fingerprint density at radius 1 is 1.13 bits per heavy atom. The smallest absolute Gasteiger partial charge is 0.273 e. The van der Waals surface area contributed by atoms with Crippen molar-refractivity contribution in [3.8, 4) is 0 Å². The Morgan fingerprint density at radius 3 is 1.91 bits per heavy atom. The summed E-state index contributed by atoms with van der Waals surface area (Å²) in [6, 6.07) is 0.536. The van der Waals surface area contributed by atoms with E-state index in [1.54, 1.807) is 13.8 Å². The molecule has 0 N–H and O–H groups in total. The topological polar surface area (TPSA) is 98.8 Å². The number of halogens is 3. The van der Waals surface area contributed by atoms with Crippen molar-refractivity contribution in [2.75, 3.05) is 18.2 Å². The average Bonchev–Trinajstić information content (AvgIpc) is 2.44. The molecule has 0 heterocycles. The molecule has 0 aromatic heterocycles. The molecular formula is C12H14F3N3O5. The van der Waals surface area contributed by atoms with Crippen molar-refractivity contribution < 1.29 is 27.9 Å². The van der Waals surface area contributed by atoms with Gasteiger partial charge in [0.2, 0.25) is 5.69 Å². The minimum atomic E-state index is -4.95. The number of nitro benzene ring substituents is 2. The molecule has 1 aromatic carbocycles. The van der Waals surface area contributed by atoms with Crippen LogP contribution in [0.4, 0.5) is 30.2 Å². The normalized spacial score (nSPS) is 11.3. The van der Waals surface area contributed by atoms with Crippen molar-refractivity contribution in [2.24, 2.45) is 0 Å². The third-order valence-corrected chi connectivity index (χ3v) is 2.75. The average molecular weight is 337 g/mol. The van der Waals surface area contributed by atoms with Crippen LogP contribution in [0.25, 0.3) is 0 Å². The first-order chi connectivity index (χ1) is 10.6. The molecule has 0 radical (unpaired) electrons. The summed E-state index contributed by atoms with van der Waals surface area (Å²) in [4.78, 5) is 25.2. The Hall–Kier alpha value is -2.43. The van der Waals surface area contributed by atoms with Gasteiger partial charge in [-0.3, -0.25) is 25.1 Å². The van der Waals surface area contributed by atoms with Gasteiger partial charge in [-0.2, -0.15) is 13.2 Å². The minimum Gasteiger partial charge on any atom is -0.273 e. The van der Waals surface area contributed by atoms with E-state index in [1.165, 1.54) is 0 Å². The van der Waals surface area contributed by atoms with E-state index in [0.29, 0.717) is 6.42 Å². The van der Waals surface area contributed by atoms with Gasteiger partial charge in [-0.25, -0.2) is 5.06 Å². The van der Waals surface area contributed by atoms with E-state index in [2.05, 4.69) is 0 Å². The lowest BCUT2D eigenvalue weighted by molar-refractivity contribution is -0.393. The summed E-state index contributed by atoms with van der Waals surface area (Å²) in [5.41, 5.74) is -4.13. The largest absolute Gasteiger partial charge is 0.416 e. The van der Waals surface area contributed by atoms with Crippen molar-refractivity contribution in [3.63, 3.8) is 0 Å². The third kappa shape index (κ3) is 4.28. The summed E-state index contributed by atoms with van der Waals surface area (Å²) in [5.74, 6) is 0. The number of hydrogen-bond acceptors (Lipinski definition) is 6. The molecule has 1 aromatic rings. The minimum absolute atomic E-state index is 0.0370. The molecule has 8 nitrogen and oxygen atoms in total. The van der Waals surface area contributed by atoms with Gasteiger partial charge < -0.3 is 0 Å². The van der Waals surface area contributed by atoms with Gasteiger partial charge in [0.25, 0.3) is 0 Å². The van der Waals surface area contributed by atoms with Crippen LogP contribution in [0, 0.1) is 20.2 Å². The Balaban J connectivity index is 3.70. The van der Waals surface area contributed by atoms with Gasteiger partial charge >= 0.3 is 17.6 Å². The van der Waals surface area contributed by atoms with Crippen LogP contribution < -0.4 is 5.06 Å². The number of rotatable bonds is 7. The highest BCUT2D eigenvalue weighted by atomic mass is 19.4. The van der Waals surface area contributed by atoms with Crippen LogP contribution in [0.2, 0.25) is 0 Å². The van der Waals surface area contributed by atoms with E-state index < -0.39 is 38.6 Å². The number of hydroxylamine groups is 1. The van der Waals surface area contributed by atoms with E-state index in [-0.39, 0.29) is 25.3 Å². The van der Waals surface area contributed by atoms with Crippen molar-refractivity contribution in [1.82, 2.24) is 0 Å². The lowest BCUT2D eigenvalue weighted by Crippen LogP contribution is -2.26. The third-order valence-electron chi connectivity index (χ3n) is 2.75. The number of benzene rings is 1. The summed E-state index contributed by atoms with van der Waals surface area (Å²) in [7, 11) is 0. The van der Waals surface area contributed by atoms with Crippen LogP contribution in [0.1, 0.15) is 25.8 Å². The molecule has 23 heavy (non-hydrogen) atoms. The summed E-state index contributed by atoms with van der Waals surface area (Å²) >= 11 is 0. The molecule has 128 valence electrons. The van der Waals surface area contributed by atoms with Crippen LogP contribution in [0.5, 0.6) is 0 Å². The van der Waals surface area contributed by atoms with Gasteiger partial charge in [-0.05, 0) is 13.3 Å². The van der Waals surface area contributed by atoms with Crippen LogP contribution in [0.3, 0.4) is 0 Å². The predicted octanol–water partition coefficient (Wildman–Crippen LogP) is 3.69. The molecule has 0 aliphatic carbocycles. The maximum atomic E-state index is 12.8. The molecule has 0 aliphatic rings. The number of nitro groups is 2. The maximum absolute atomic E-state index is 12.8. The van der Waals surface area contributed by atoms with Crippen molar-refractivity contribution in [1.29, 1.82) is 0 Å². The first-order valence-corrected chi connectivity index (χ1v) is 6.57. The van der Waals surface area contributed by atoms with Gasteiger partial charge in [-0.1, -0.05) is 6.92 Å². The highest BCUT2D eigenvalue weighted by molar-refractivity contribution is 5.75. The molecule has 0 spiro atoms. The lowest BCUT2D eigenvalue weighted by Gasteiger charge is -2.22. The van der Waals surface area contributed by atoms with Gasteiger partial charge in [0.1, 0.15) is 0 Å². The second kappa shape index (κ2) is 7.22. The van der Waals surface area contributed by atoms with E-state index in [1.807, 2.05) is 0 Å². The first-order valence-electron chi connectivity index (χ1n) is 6.57. The van der Waals surface area contributed by atoms with Crippen molar-refractivity contribution >= 4 is 17.1 Å². The second-order valence-electron chi connectivity index (χ2n) is 4.39. The fourth-order valence-corrected chi connectivity index (χ4v) is 1.90. The molecule has 1 rings (SSSR count). The van der Waals surface area contributed by atoms with Crippen LogP contribution in [-0.4, -0.2) is 23.0 Å². The zero-order chi connectivity index (χ0) is 17.8. The van der Waals surface area contributed by atoms with Gasteiger partial charge in [-0.15, -0.1) is 0 Å². The zero-order valence-electron chi connectivity index (χ0n) is 12.3. The number of nitrogens with zero attached hydrogens (tertiary/aromatic N) is 3. The number of anilines is 1. The Kier molecular flexibility index (Phi) is 5.85. The van der Waals surface area contributed by atoms with Gasteiger partial charge in [0.05, 0.1) is 22.0 Å². The maximum Gasteiger partial charge on any atom is 0.416 e. The quantitative estimate of drug-likeness (QED) is 0.556. The molecule has 0 atom stereocenters. The Labute approximate surface area is 128 Å². The summed E-state index contributed by atoms with van der Waals surface area (Å²) in [6.45, 7) is 3.31. The first kappa shape index (κ1) is 18.6. The molecule has 0 saturated heterocycles. The second-order valence-corrected chi connectivity index (χ2v) is 4.39. The fraction of sp³-hybridized carbons (Fsp3) is 0.500. The number of hydrogen-bond donors (Lipinski definition) is 0. The summed E-state index contributed by atoms with van der Waals surface area (Å²) in [5, 5.41) is 23.1. The molecule has 0 bridgehead atoms. The summed E-state index contributed by atoms with van der Waals surface area (Å²) in [6.07, 6.45) is -4.54. The molecule has 0 amide bonds. The fourth-order valence-electron chi connectivity index (χ4n) is 1.90. The monoisotopic (exact) mass is 337 g/mol.